The van der Waals surface area contributed by atoms with Gasteiger partial charge in [-0.1, -0.05) is 6.07 Å². The van der Waals surface area contributed by atoms with Gasteiger partial charge in [-0.05, 0) is 37.5 Å². The molecule has 0 atom stereocenters. The van der Waals surface area contributed by atoms with Crippen molar-refractivity contribution in [2.75, 3.05) is 18.4 Å². The number of carbonyl (C=O) groups excluding carboxylic acids is 2. The number of sulfonamides is 1. The molecule has 0 bridgehead atoms. The molecule has 0 spiro atoms. The highest BCUT2D eigenvalue weighted by atomic mass is 32.2. The third-order valence-corrected chi connectivity index (χ3v) is 5.86. The molecule has 0 aliphatic carbocycles. The van der Waals surface area contributed by atoms with E-state index in [4.69, 9.17) is 5.73 Å². The molecule has 0 aromatic heterocycles. The third kappa shape index (κ3) is 3.89. The molecule has 126 valence electrons. The number of nitrogens with two attached hydrogens (primary N) is 1. The molecule has 1 saturated heterocycles. The standard InChI is InChI=1S/C15H21N3O4S/c1-10-3-4-13(17-11(2)19)14(9-10)23(21,22)18-7-5-12(6-8-18)15(16)20/h3-4,9,12H,5-8H2,1-2H3,(H2,16,20)(H,17,19). The number of benzene rings is 1. The van der Waals surface area contributed by atoms with Crippen LogP contribution in [0.1, 0.15) is 25.3 Å². The number of hydrogen-bond acceptors (Lipinski definition) is 4. The molecule has 1 aromatic rings. The van der Waals surface area contributed by atoms with E-state index >= 15 is 0 Å². The predicted molar refractivity (Wildman–Crippen MR) is 86.2 cm³/mol. The smallest absolute Gasteiger partial charge is 0.245 e. The van der Waals surface area contributed by atoms with Gasteiger partial charge in [-0.2, -0.15) is 4.31 Å². The summed E-state index contributed by atoms with van der Waals surface area (Å²) in [5.74, 6) is -1.01. The van der Waals surface area contributed by atoms with Gasteiger partial charge in [-0.3, -0.25) is 9.59 Å². The van der Waals surface area contributed by atoms with Gasteiger partial charge in [0.2, 0.25) is 21.8 Å². The van der Waals surface area contributed by atoms with Gasteiger partial charge in [0.05, 0.1) is 5.69 Å². The quantitative estimate of drug-likeness (QED) is 0.847. The Hall–Kier alpha value is -1.93. The van der Waals surface area contributed by atoms with E-state index in [-0.39, 0.29) is 35.5 Å². The van der Waals surface area contributed by atoms with Gasteiger partial charge >= 0.3 is 0 Å². The zero-order valence-corrected chi connectivity index (χ0v) is 14.0. The van der Waals surface area contributed by atoms with Gasteiger partial charge in [-0.15, -0.1) is 0 Å². The highest BCUT2D eigenvalue weighted by Crippen LogP contribution is 2.29. The van der Waals surface area contributed by atoms with E-state index in [1.54, 1.807) is 25.1 Å². The van der Waals surface area contributed by atoms with E-state index in [1.165, 1.54) is 11.2 Å². The van der Waals surface area contributed by atoms with Gasteiger partial charge in [0.25, 0.3) is 0 Å². The molecule has 1 aliphatic rings. The van der Waals surface area contributed by atoms with E-state index in [9.17, 15) is 18.0 Å². The molecule has 0 unspecified atom stereocenters. The van der Waals surface area contributed by atoms with Crippen LogP contribution >= 0.6 is 0 Å². The normalized spacial score (nSPS) is 17.0. The second-order valence-electron chi connectivity index (χ2n) is 5.76. The molecule has 2 amide bonds. The SMILES string of the molecule is CC(=O)Nc1ccc(C)cc1S(=O)(=O)N1CCC(C(N)=O)CC1. The highest BCUT2D eigenvalue weighted by Gasteiger charge is 2.32. The van der Waals surface area contributed by atoms with Gasteiger partial charge in [0.15, 0.2) is 0 Å². The van der Waals surface area contributed by atoms with Gasteiger partial charge < -0.3 is 11.1 Å². The fourth-order valence-electron chi connectivity index (χ4n) is 2.66. The van der Waals surface area contributed by atoms with E-state index in [2.05, 4.69) is 5.32 Å². The lowest BCUT2D eigenvalue weighted by molar-refractivity contribution is -0.122. The minimum absolute atomic E-state index is 0.0743. The van der Waals surface area contributed by atoms with Crippen LogP contribution in [-0.2, 0) is 19.6 Å². The van der Waals surface area contributed by atoms with Crippen LogP contribution in [0, 0.1) is 12.8 Å². The number of nitrogens with one attached hydrogen (secondary N) is 1. The average molecular weight is 339 g/mol. The first-order valence-electron chi connectivity index (χ1n) is 7.39. The second kappa shape index (κ2) is 6.67. The first-order chi connectivity index (χ1) is 10.7. The maximum atomic E-state index is 12.9. The van der Waals surface area contributed by atoms with Crippen molar-refractivity contribution in [3.8, 4) is 0 Å². The number of hydrogen-bond donors (Lipinski definition) is 2. The van der Waals surface area contributed by atoms with Crippen molar-refractivity contribution in [1.29, 1.82) is 0 Å². The van der Waals surface area contributed by atoms with Gasteiger partial charge in [0, 0.05) is 25.9 Å². The van der Waals surface area contributed by atoms with Gasteiger partial charge in [0.1, 0.15) is 4.90 Å². The molecule has 0 radical (unpaired) electrons. The molecule has 1 aromatic carbocycles. The molecule has 1 heterocycles. The summed E-state index contributed by atoms with van der Waals surface area (Å²) < 4.78 is 27.1. The van der Waals surface area contributed by atoms with Crippen LogP contribution in [0.25, 0.3) is 0 Å². The fourth-order valence-corrected chi connectivity index (χ4v) is 4.36. The first kappa shape index (κ1) is 17.4. The predicted octanol–water partition coefficient (Wildman–Crippen LogP) is 0.839. The number of anilines is 1. The van der Waals surface area contributed by atoms with Crippen LogP contribution in [0.4, 0.5) is 5.69 Å². The summed E-state index contributed by atoms with van der Waals surface area (Å²) >= 11 is 0. The highest BCUT2D eigenvalue weighted by molar-refractivity contribution is 7.89. The summed E-state index contributed by atoms with van der Waals surface area (Å²) in [6, 6.07) is 4.87. The summed E-state index contributed by atoms with van der Waals surface area (Å²) in [6.07, 6.45) is 0.825. The van der Waals surface area contributed by atoms with Crippen LogP contribution in [0.2, 0.25) is 0 Å². The summed E-state index contributed by atoms with van der Waals surface area (Å²) in [4.78, 5) is 22.6. The molecule has 8 heteroatoms. The van der Waals surface area contributed by atoms with Crippen molar-refractivity contribution < 1.29 is 18.0 Å². The Morgan fingerprint density at radius 1 is 1.26 bits per heavy atom. The Morgan fingerprint density at radius 2 is 1.87 bits per heavy atom. The largest absolute Gasteiger partial charge is 0.369 e. The van der Waals surface area contributed by atoms with Crippen molar-refractivity contribution in [1.82, 2.24) is 4.31 Å². The number of amides is 2. The minimum atomic E-state index is -3.74. The summed E-state index contributed by atoms with van der Waals surface area (Å²) in [6.45, 7) is 3.59. The number of nitrogens with zero attached hydrogens (tertiary/aromatic N) is 1. The lowest BCUT2D eigenvalue weighted by Crippen LogP contribution is -2.41. The third-order valence-electron chi connectivity index (χ3n) is 3.92. The van der Waals surface area contributed by atoms with Gasteiger partial charge in [-0.25, -0.2) is 8.42 Å². The number of rotatable bonds is 4. The molecule has 3 N–H and O–H groups in total. The Morgan fingerprint density at radius 3 is 2.39 bits per heavy atom. The zero-order valence-electron chi connectivity index (χ0n) is 13.2. The number of primary amides is 1. The maximum Gasteiger partial charge on any atom is 0.245 e. The van der Waals surface area contributed by atoms with E-state index in [0.29, 0.717) is 12.8 Å². The number of aryl methyl sites for hydroxylation is 1. The Balaban J connectivity index is 2.31. The Bertz CT molecular complexity index is 722. The molecular formula is C15H21N3O4S. The molecule has 1 fully saturated rings. The lowest BCUT2D eigenvalue weighted by atomic mass is 9.98. The van der Waals surface area contributed by atoms with E-state index in [0.717, 1.165) is 5.56 Å². The van der Waals surface area contributed by atoms with Crippen LogP contribution in [0.5, 0.6) is 0 Å². The summed E-state index contributed by atoms with van der Waals surface area (Å²) in [5.41, 5.74) is 6.32. The summed E-state index contributed by atoms with van der Waals surface area (Å²) in [5, 5.41) is 2.55. The number of carbonyl (C=O) groups is 2. The first-order valence-corrected chi connectivity index (χ1v) is 8.83. The number of piperidine rings is 1. The molecule has 7 nitrogen and oxygen atoms in total. The summed E-state index contributed by atoms with van der Waals surface area (Å²) in [7, 11) is -3.74. The lowest BCUT2D eigenvalue weighted by Gasteiger charge is -2.30. The Kier molecular flexibility index (Phi) is 5.06. The van der Waals surface area contributed by atoms with Crippen LogP contribution in [0.3, 0.4) is 0 Å². The topological polar surface area (TPSA) is 110 Å². The Labute approximate surface area is 135 Å². The van der Waals surface area contributed by atoms with Crippen molar-refractivity contribution in [2.24, 2.45) is 11.7 Å². The minimum Gasteiger partial charge on any atom is -0.369 e. The zero-order chi connectivity index (χ0) is 17.2. The van der Waals surface area contributed by atoms with Crippen molar-refractivity contribution in [3.05, 3.63) is 23.8 Å². The van der Waals surface area contributed by atoms with Crippen LogP contribution < -0.4 is 11.1 Å². The van der Waals surface area contributed by atoms with E-state index < -0.39 is 15.9 Å². The van der Waals surface area contributed by atoms with Crippen molar-refractivity contribution in [3.63, 3.8) is 0 Å². The average Bonchev–Trinajstić information content (AvgIpc) is 2.48. The van der Waals surface area contributed by atoms with Crippen LogP contribution in [0.15, 0.2) is 23.1 Å². The molecule has 2 rings (SSSR count). The monoisotopic (exact) mass is 339 g/mol. The fraction of sp³-hybridized carbons (Fsp3) is 0.467. The molecule has 1 aliphatic heterocycles. The molecular weight excluding hydrogens is 318 g/mol. The molecule has 23 heavy (non-hydrogen) atoms. The maximum absolute atomic E-state index is 12.9. The molecule has 0 saturated carbocycles. The van der Waals surface area contributed by atoms with Crippen molar-refractivity contribution in [2.45, 2.75) is 31.6 Å². The van der Waals surface area contributed by atoms with Crippen LogP contribution in [-0.4, -0.2) is 37.6 Å². The van der Waals surface area contributed by atoms with Crippen molar-refractivity contribution >= 4 is 27.5 Å². The van der Waals surface area contributed by atoms with E-state index in [1.807, 2.05) is 0 Å². The second-order valence-corrected chi connectivity index (χ2v) is 7.67.